The molecule has 314 valence electrons. The Hall–Kier alpha value is -5.58. The highest BCUT2D eigenvalue weighted by Crippen LogP contribution is 2.23. The van der Waals surface area contributed by atoms with Crippen molar-refractivity contribution in [1.82, 2.24) is 5.32 Å². The van der Waals surface area contributed by atoms with Crippen molar-refractivity contribution in [1.29, 1.82) is 0 Å². The average Bonchev–Trinajstić information content (AvgIpc) is 3.20. The van der Waals surface area contributed by atoms with Gasteiger partial charge >= 0.3 is 17.9 Å². The van der Waals surface area contributed by atoms with Gasteiger partial charge in [-0.3, -0.25) is 4.79 Å². The summed E-state index contributed by atoms with van der Waals surface area (Å²) in [5, 5.41) is 21.4. The lowest BCUT2D eigenvalue weighted by atomic mass is 10.00. The maximum Gasteiger partial charge on any atom is 0.350 e. The molecule has 0 saturated heterocycles. The lowest BCUT2D eigenvalue weighted by Gasteiger charge is -2.28. The van der Waals surface area contributed by atoms with Crippen molar-refractivity contribution >= 4 is 23.8 Å². The summed E-state index contributed by atoms with van der Waals surface area (Å²) in [5.74, 6) is -3.69. The number of allylic oxidation sites excluding steroid dienone is 1. The summed E-state index contributed by atoms with van der Waals surface area (Å²) in [5.41, 5.74) is 0.717. The van der Waals surface area contributed by atoms with Gasteiger partial charge in [0.2, 0.25) is 6.10 Å². The first-order valence-electron chi connectivity index (χ1n) is 19.3. The molecule has 0 bridgehead atoms. The summed E-state index contributed by atoms with van der Waals surface area (Å²) in [4.78, 5) is 81.8. The van der Waals surface area contributed by atoms with E-state index in [4.69, 9.17) is 18.9 Å². The monoisotopic (exact) mass is 801 g/mol. The van der Waals surface area contributed by atoms with Gasteiger partial charge in [0.05, 0.1) is 0 Å². The molecule has 0 aromatic heterocycles. The molecule has 17 heteroatoms. The van der Waals surface area contributed by atoms with Crippen molar-refractivity contribution in [2.45, 2.75) is 115 Å². The fourth-order valence-corrected chi connectivity index (χ4v) is 5.53. The summed E-state index contributed by atoms with van der Waals surface area (Å²) >= 11 is 0. The molecule has 2 aromatic rings. The number of nitrogens with one attached hydrogen (secondary N) is 1. The quantitative estimate of drug-likeness (QED) is 0.0212. The smallest absolute Gasteiger partial charge is 0.350 e. The van der Waals surface area contributed by atoms with Crippen LogP contribution in [-0.4, -0.2) is 78.7 Å². The first-order valence-corrected chi connectivity index (χ1v) is 19.3. The van der Waals surface area contributed by atoms with E-state index in [9.17, 15) is 39.4 Å². The van der Waals surface area contributed by atoms with Crippen molar-refractivity contribution in [2.75, 3.05) is 26.4 Å². The normalized spacial score (nSPS) is 13.1. The Labute approximate surface area is 332 Å². The SMILES string of the molecule is CCCCCCCCCCCCC=CC(CC)OC(=O)[C@H](OC(=O)COCC(=O)OC[C@H](CO[N+](=O)[O-])O[N+](=O)[O-])[C@@H](NC(=O)c1ccccc1)c1ccccc1. The molecule has 0 aliphatic heterocycles. The summed E-state index contributed by atoms with van der Waals surface area (Å²) in [6.07, 6.45) is 13.2. The van der Waals surface area contributed by atoms with Gasteiger partial charge in [-0.2, -0.15) is 0 Å². The maximum absolute atomic E-state index is 13.9. The Morgan fingerprint density at radius 2 is 1.33 bits per heavy atom. The van der Waals surface area contributed by atoms with E-state index >= 15 is 0 Å². The number of carbonyl (C=O) groups is 4. The third-order valence-corrected chi connectivity index (χ3v) is 8.49. The van der Waals surface area contributed by atoms with Crippen LogP contribution in [0.5, 0.6) is 0 Å². The number of hydrogen-bond donors (Lipinski definition) is 1. The predicted octanol–water partition coefficient (Wildman–Crippen LogP) is 6.60. The molecule has 0 radical (unpaired) electrons. The van der Waals surface area contributed by atoms with E-state index in [0.717, 1.165) is 19.3 Å². The minimum atomic E-state index is -1.70. The van der Waals surface area contributed by atoms with Crippen LogP contribution >= 0.6 is 0 Å². The highest BCUT2D eigenvalue weighted by atomic mass is 17.0. The Morgan fingerprint density at radius 1 is 0.737 bits per heavy atom. The van der Waals surface area contributed by atoms with Crippen LogP contribution in [0.1, 0.15) is 113 Å². The number of esters is 3. The van der Waals surface area contributed by atoms with Crippen molar-refractivity contribution in [2.24, 2.45) is 0 Å². The second-order valence-electron chi connectivity index (χ2n) is 13.1. The van der Waals surface area contributed by atoms with E-state index in [-0.39, 0.29) is 5.56 Å². The van der Waals surface area contributed by atoms with Crippen LogP contribution < -0.4 is 5.32 Å². The first-order chi connectivity index (χ1) is 27.5. The second kappa shape index (κ2) is 28.8. The van der Waals surface area contributed by atoms with Gasteiger partial charge in [0.15, 0.2) is 6.10 Å². The Kier molecular flexibility index (Phi) is 24.0. The summed E-state index contributed by atoms with van der Waals surface area (Å²) in [6, 6.07) is 15.4. The lowest BCUT2D eigenvalue weighted by molar-refractivity contribution is -0.790. The predicted molar refractivity (Wildman–Crippen MR) is 205 cm³/mol. The van der Waals surface area contributed by atoms with Crippen LogP contribution in [0, 0.1) is 20.2 Å². The number of rotatable bonds is 31. The summed E-state index contributed by atoms with van der Waals surface area (Å²) in [7, 11) is 0. The molecule has 2 rings (SSSR count). The van der Waals surface area contributed by atoms with E-state index in [0.29, 0.717) is 12.0 Å². The van der Waals surface area contributed by atoms with E-state index in [2.05, 4.69) is 21.9 Å². The molecule has 2 aromatic carbocycles. The number of nitrogens with zero attached hydrogens (tertiary/aromatic N) is 2. The van der Waals surface area contributed by atoms with Crippen molar-refractivity contribution in [3.05, 3.63) is 104 Å². The van der Waals surface area contributed by atoms with Gasteiger partial charge in [0.25, 0.3) is 16.1 Å². The maximum atomic E-state index is 13.9. The lowest BCUT2D eigenvalue weighted by Crippen LogP contribution is -2.45. The summed E-state index contributed by atoms with van der Waals surface area (Å²) < 4.78 is 21.3. The van der Waals surface area contributed by atoms with Gasteiger partial charge in [0.1, 0.15) is 38.6 Å². The first kappa shape index (κ1) is 47.6. The van der Waals surface area contributed by atoms with Crippen LogP contribution in [0.3, 0.4) is 0 Å². The minimum absolute atomic E-state index is 0.288. The number of carbonyl (C=O) groups excluding carboxylic acids is 4. The van der Waals surface area contributed by atoms with Gasteiger partial charge in [0, 0.05) is 5.56 Å². The molecule has 17 nitrogen and oxygen atoms in total. The molecule has 1 unspecified atom stereocenters. The number of hydrogen-bond acceptors (Lipinski definition) is 14. The van der Waals surface area contributed by atoms with E-state index in [1.165, 1.54) is 51.4 Å². The molecule has 1 N–H and O–H groups in total. The van der Waals surface area contributed by atoms with Gasteiger partial charge in [-0.15, -0.1) is 20.2 Å². The molecule has 0 aliphatic carbocycles. The third-order valence-electron chi connectivity index (χ3n) is 8.49. The van der Waals surface area contributed by atoms with Gasteiger partial charge in [-0.25, -0.2) is 14.4 Å². The Morgan fingerprint density at radius 3 is 1.93 bits per heavy atom. The van der Waals surface area contributed by atoms with Gasteiger partial charge < -0.3 is 33.9 Å². The topological polar surface area (TPSA) is 222 Å². The highest BCUT2D eigenvalue weighted by molar-refractivity contribution is 5.95. The molecule has 0 fully saturated rings. The van der Waals surface area contributed by atoms with Crippen molar-refractivity contribution < 1.29 is 58.0 Å². The molecule has 57 heavy (non-hydrogen) atoms. The number of amides is 1. The largest absolute Gasteiger partial charge is 0.462 e. The zero-order chi connectivity index (χ0) is 41.7. The van der Waals surface area contributed by atoms with Crippen LogP contribution in [0.15, 0.2) is 72.8 Å². The van der Waals surface area contributed by atoms with Crippen molar-refractivity contribution in [3.63, 3.8) is 0 Å². The van der Waals surface area contributed by atoms with E-state index in [1.807, 2.05) is 13.0 Å². The number of unbranched alkanes of at least 4 members (excludes halogenated alkanes) is 10. The Bertz CT molecular complexity index is 1530. The number of benzene rings is 2. The zero-order valence-electron chi connectivity index (χ0n) is 32.7. The van der Waals surface area contributed by atoms with Gasteiger partial charge in [-0.1, -0.05) is 126 Å². The van der Waals surface area contributed by atoms with E-state index in [1.54, 1.807) is 66.7 Å². The molecule has 0 spiro atoms. The molecule has 1 amide bonds. The third kappa shape index (κ3) is 21.3. The molecule has 0 saturated carbocycles. The molecule has 0 heterocycles. The van der Waals surface area contributed by atoms with Crippen LogP contribution in [0.4, 0.5) is 0 Å². The van der Waals surface area contributed by atoms with Crippen LogP contribution in [0.25, 0.3) is 0 Å². The average molecular weight is 802 g/mol. The zero-order valence-corrected chi connectivity index (χ0v) is 32.7. The van der Waals surface area contributed by atoms with E-state index < -0.39 is 84.8 Å². The minimum Gasteiger partial charge on any atom is -0.462 e. The molecular weight excluding hydrogens is 746 g/mol. The number of ether oxygens (including phenoxy) is 4. The van der Waals surface area contributed by atoms with Crippen LogP contribution in [0.2, 0.25) is 0 Å². The Balaban J connectivity index is 2.10. The molecular formula is C40H55N3O14. The van der Waals surface area contributed by atoms with Crippen molar-refractivity contribution in [3.8, 4) is 0 Å². The fraction of sp³-hybridized carbons (Fsp3) is 0.550. The molecule has 4 atom stereocenters. The highest BCUT2D eigenvalue weighted by Gasteiger charge is 2.37. The fourth-order valence-electron chi connectivity index (χ4n) is 5.53. The van der Waals surface area contributed by atoms with Gasteiger partial charge in [-0.05, 0) is 43.0 Å². The second-order valence-corrected chi connectivity index (χ2v) is 13.1. The van der Waals surface area contributed by atoms with Crippen LogP contribution in [-0.2, 0) is 43.0 Å². The summed E-state index contributed by atoms with van der Waals surface area (Å²) in [6.45, 7) is 0.641. The standard InChI is InChI=1S/C40H55N3O14/c1-3-5-6-7-8-9-10-11-12-13-14-21-26-33(4-2)55-40(47)38(37(31-22-17-15-18-23-31)41-39(46)32-24-19-16-20-25-32)56-36(45)30-52-29-35(44)53-27-34(57-43(50)51)28-54-42(48)49/h15-26,33-34,37-38H,3-14,27-30H2,1-2H3,(H,41,46)/t33?,34-,37+,38-/m1/s1. The molecule has 0 aliphatic rings.